The van der Waals surface area contributed by atoms with E-state index in [9.17, 15) is 0 Å². The molecular weight excluding hydrogens is 623 g/mol. The molecule has 0 amide bonds. The number of fused-ring (bicyclic) bond motifs is 3. The SMILES string of the molecule is [B]c1c([B])c([B])c(-c2ccc3ccc4c(-c5cccc6oc7ccc(-c8ccc(-c9ccccc9)cc8)cc7c56)ccc5ccc2c3c54)c([B])c1[B]. The Bertz CT molecular complexity index is 3020. The minimum atomic E-state index is 0.204. The molecule has 0 aliphatic carbocycles. The molecule has 6 heteroatoms. The molecule has 0 unspecified atom stereocenters. The fraction of sp³-hybridized carbons (Fsp3) is 0. The lowest BCUT2D eigenvalue weighted by atomic mass is 9.59. The molecule has 0 fully saturated rings. The first-order valence-corrected chi connectivity index (χ1v) is 17.2. The molecule has 228 valence electrons. The van der Waals surface area contributed by atoms with Crippen LogP contribution in [0.25, 0.3) is 98.8 Å². The van der Waals surface area contributed by atoms with Crippen LogP contribution in [0.1, 0.15) is 0 Å². The normalized spacial score (nSPS) is 11.8. The Morgan fingerprint density at radius 2 is 0.865 bits per heavy atom. The minimum absolute atomic E-state index is 0.204. The monoisotopic (exact) mass is 646 g/mol. The van der Waals surface area contributed by atoms with Gasteiger partial charge in [0.2, 0.25) is 0 Å². The predicted molar refractivity (Wildman–Crippen MR) is 226 cm³/mol. The van der Waals surface area contributed by atoms with E-state index in [1.165, 1.54) is 11.1 Å². The second-order valence-corrected chi connectivity index (χ2v) is 13.5. The highest BCUT2D eigenvalue weighted by atomic mass is 16.3. The summed E-state index contributed by atoms with van der Waals surface area (Å²) in [5.41, 5.74) is 11.4. The lowest BCUT2D eigenvalue weighted by Crippen LogP contribution is -2.55. The summed E-state index contributed by atoms with van der Waals surface area (Å²) in [7, 11) is 31.9. The zero-order valence-corrected chi connectivity index (χ0v) is 28.1. The van der Waals surface area contributed by atoms with Gasteiger partial charge in [-0.25, -0.2) is 0 Å². The average Bonchev–Trinajstić information content (AvgIpc) is 3.57. The zero-order chi connectivity index (χ0) is 35.2. The second-order valence-electron chi connectivity index (χ2n) is 13.5. The van der Waals surface area contributed by atoms with Crippen molar-refractivity contribution in [3.63, 3.8) is 0 Å². The zero-order valence-electron chi connectivity index (χ0n) is 28.1. The van der Waals surface area contributed by atoms with E-state index in [1.54, 1.807) is 0 Å². The first kappa shape index (κ1) is 30.9. The van der Waals surface area contributed by atoms with E-state index in [2.05, 4.69) is 121 Å². The molecule has 0 saturated heterocycles. The quantitative estimate of drug-likeness (QED) is 0.147. The topological polar surface area (TPSA) is 13.1 Å². The van der Waals surface area contributed by atoms with E-state index < -0.39 is 0 Å². The van der Waals surface area contributed by atoms with Crippen molar-refractivity contribution in [3.05, 3.63) is 140 Å². The van der Waals surface area contributed by atoms with Gasteiger partial charge in [0.15, 0.2) is 0 Å². The first-order valence-electron chi connectivity index (χ1n) is 17.2. The molecule has 10 radical (unpaired) electrons. The highest BCUT2D eigenvalue weighted by molar-refractivity contribution is 6.69. The van der Waals surface area contributed by atoms with Crippen molar-refractivity contribution < 1.29 is 4.42 Å². The van der Waals surface area contributed by atoms with E-state index in [1.807, 2.05) is 18.2 Å². The van der Waals surface area contributed by atoms with Gasteiger partial charge in [-0.1, -0.05) is 132 Å². The van der Waals surface area contributed by atoms with Crippen molar-refractivity contribution in [2.24, 2.45) is 0 Å². The molecule has 0 aliphatic rings. The Morgan fingerprint density at radius 1 is 0.327 bits per heavy atom. The molecule has 1 nitrogen and oxygen atoms in total. The Morgan fingerprint density at radius 3 is 1.54 bits per heavy atom. The third-order valence-electron chi connectivity index (χ3n) is 10.7. The van der Waals surface area contributed by atoms with Gasteiger partial charge in [-0.05, 0) is 95.0 Å². The molecule has 10 aromatic rings. The van der Waals surface area contributed by atoms with Crippen molar-refractivity contribution in [1.29, 1.82) is 0 Å². The van der Waals surface area contributed by atoms with E-state index in [4.69, 9.17) is 43.6 Å². The molecule has 0 N–H and O–H groups in total. The van der Waals surface area contributed by atoms with Gasteiger partial charge in [0.25, 0.3) is 0 Å². The largest absolute Gasteiger partial charge is 0.456 e. The standard InChI is InChI=1S/C46H23B5O/c47-42-41(43(48)45(50)46(51)44(42)49)34-21-16-28-14-19-32-30(18-13-27-15-20-33(34)39(28)38(27)32)31-7-4-8-37-40(31)35-23-29(17-22-36(35)52-37)26-11-9-25(10-12-26)24-5-2-1-3-6-24/h1-23H. The van der Waals surface area contributed by atoms with Crippen molar-refractivity contribution in [3.8, 4) is 44.5 Å². The molecule has 10 rings (SSSR count). The molecule has 0 aliphatic heterocycles. The lowest BCUT2D eigenvalue weighted by Gasteiger charge is -2.23. The summed E-state index contributed by atoms with van der Waals surface area (Å²) in [6.45, 7) is 0. The van der Waals surface area contributed by atoms with Crippen LogP contribution in [0, 0.1) is 0 Å². The fourth-order valence-electron chi connectivity index (χ4n) is 8.11. The first-order chi connectivity index (χ1) is 25.4. The van der Waals surface area contributed by atoms with Gasteiger partial charge in [0.1, 0.15) is 50.4 Å². The molecule has 1 aromatic heterocycles. The van der Waals surface area contributed by atoms with Crippen molar-refractivity contribution in [2.45, 2.75) is 0 Å². The lowest BCUT2D eigenvalue weighted by molar-refractivity contribution is 0.669. The Balaban J connectivity index is 1.18. The summed E-state index contributed by atoms with van der Waals surface area (Å²) < 4.78 is 6.47. The maximum atomic E-state index is 6.57. The van der Waals surface area contributed by atoms with Crippen LogP contribution in [0.3, 0.4) is 0 Å². The van der Waals surface area contributed by atoms with Crippen LogP contribution in [0.4, 0.5) is 0 Å². The van der Waals surface area contributed by atoms with Crippen LogP contribution in [-0.2, 0) is 0 Å². The van der Waals surface area contributed by atoms with Gasteiger partial charge in [0, 0.05) is 10.8 Å². The molecule has 9 aromatic carbocycles. The number of rotatable bonds is 4. The maximum absolute atomic E-state index is 6.57. The van der Waals surface area contributed by atoms with Crippen LogP contribution < -0.4 is 27.3 Å². The predicted octanol–water partition coefficient (Wildman–Crippen LogP) is 7.12. The summed E-state index contributed by atoms with van der Waals surface area (Å²) in [5, 5.41) is 8.83. The van der Waals surface area contributed by atoms with E-state index in [-0.39, 0.29) is 16.4 Å². The van der Waals surface area contributed by atoms with E-state index in [0.717, 1.165) is 82.1 Å². The van der Waals surface area contributed by atoms with Crippen LogP contribution in [0.2, 0.25) is 0 Å². The third-order valence-corrected chi connectivity index (χ3v) is 10.7. The van der Waals surface area contributed by atoms with Gasteiger partial charge < -0.3 is 4.42 Å². The minimum Gasteiger partial charge on any atom is -0.456 e. The Labute approximate surface area is 308 Å². The molecule has 1 heterocycles. The Kier molecular flexibility index (Phi) is 6.89. The number of furan rings is 1. The van der Waals surface area contributed by atoms with Crippen LogP contribution in [0.5, 0.6) is 0 Å². The molecule has 52 heavy (non-hydrogen) atoms. The van der Waals surface area contributed by atoms with Gasteiger partial charge >= 0.3 is 0 Å². The van der Waals surface area contributed by atoms with Gasteiger partial charge in [-0.2, -0.15) is 0 Å². The maximum Gasteiger partial charge on any atom is 0.136 e. The van der Waals surface area contributed by atoms with Crippen molar-refractivity contribution >= 4 is 121 Å². The van der Waals surface area contributed by atoms with E-state index in [0.29, 0.717) is 16.5 Å². The molecule has 0 atom stereocenters. The fourth-order valence-corrected chi connectivity index (χ4v) is 8.11. The number of benzene rings is 9. The van der Waals surface area contributed by atoms with Gasteiger partial charge in [-0.3, -0.25) is 0 Å². The second kappa shape index (κ2) is 11.6. The highest BCUT2D eigenvalue weighted by Crippen LogP contribution is 2.45. The van der Waals surface area contributed by atoms with Crippen LogP contribution in [-0.4, -0.2) is 39.2 Å². The van der Waals surface area contributed by atoms with E-state index >= 15 is 0 Å². The van der Waals surface area contributed by atoms with Crippen LogP contribution >= 0.6 is 0 Å². The Hall–Kier alpha value is -5.86. The number of hydrogen-bond acceptors (Lipinski definition) is 1. The smallest absolute Gasteiger partial charge is 0.136 e. The van der Waals surface area contributed by atoms with Gasteiger partial charge in [-0.15, -0.1) is 16.4 Å². The summed E-state index contributed by atoms with van der Waals surface area (Å²) >= 11 is 0. The summed E-state index contributed by atoms with van der Waals surface area (Å²) in [6, 6.07) is 49.2. The van der Waals surface area contributed by atoms with Crippen LogP contribution in [0.15, 0.2) is 144 Å². The number of hydrogen-bond donors (Lipinski definition) is 0. The highest BCUT2D eigenvalue weighted by Gasteiger charge is 2.20. The summed E-state index contributed by atoms with van der Waals surface area (Å²) in [4.78, 5) is 0. The summed E-state index contributed by atoms with van der Waals surface area (Å²) in [6.07, 6.45) is 0. The van der Waals surface area contributed by atoms with Crippen molar-refractivity contribution in [1.82, 2.24) is 0 Å². The van der Waals surface area contributed by atoms with Crippen molar-refractivity contribution in [2.75, 3.05) is 0 Å². The average molecular weight is 646 g/mol. The molecular formula is C46H23B5O. The summed E-state index contributed by atoms with van der Waals surface area (Å²) in [5.74, 6) is 0. The third kappa shape index (κ3) is 4.50. The molecule has 0 saturated carbocycles. The molecule has 0 spiro atoms. The molecule has 0 bridgehead atoms. The van der Waals surface area contributed by atoms with Gasteiger partial charge in [0.05, 0.1) is 0 Å².